The molecule has 0 saturated heterocycles. The van der Waals surface area contributed by atoms with Crippen LogP contribution in [0.15, 0.2) is 60.2 Å². The molecule has 0 aliphatic carbocycles. The van der Waals surface area contributed by atoms with Gasteiger partial charge in [-0.05, 0) is 61.7 Å². The van der Waals surface area contributed by atoms with E-state index in [-0.39, 0.29) is 12.2 Å². The third-order valence-corrected chi connectivity index (χ3v) is 5.56. The highest BCUT2D eigenvalue weighted by molar-refractivity contribution is 6.36. The predicted octanol–water partition coefficient (Wildman–Crippen LogP) is 7.04. The summed E-state index contributed by atoms with van der Waals surface area (Å²) in [6, 6.07) is 18.6. The fraction of sp³-hybridized carbons (Fsp3) is 0.154. The standard InChI is InChI=1S/C26H22Cl2N2O2/c1-16-7-9-19(10-8-16)15-32-25-20(12-22(27)13-23(25)28)11-21(14-29)26(31)30-24-6-4-5-17(2)18(24)3/h4-13H,15H2,1-3H3,(H,30,31)/b21-11+. The fourth-order valence-corrected chi connectivity index (χ4v) is 3.62. The zero-order valence-electron chi connectivity index (χ0n) is 18.0. The Kier molecular flexibility index (Phi) is 7.58. The number of aryl methyl sites for hydroxylation is 2. The van der Waals surface area contributed by atoms with Crippen molar-refractivity contribution in [2.45, 2.75) is 27.4 Å². The first-order valence-corrected chi connectivity index (χ1v) is 10.7. The Morgan fingerprint density at radius 1 is 1.09 bits per heavy atom. The Morgan fingerprint density at radius 2 is 1.81 bits per heavy atom. The van der Waals surface area contributed by atoms with Gasteiger partial charge in [0.05, 0.1) is 5.02 Å². The average Bonchev–Trinajstić information content (AvgIpc) is 2.75. The molecule has 1 N–H and O–H groups in total. The van der Waals surface area contributed by atoms with Crippen molar-refractivity contribution < 1.29 is 9.53 Å². The van der Waals surface area contributed by atoms with E-state index in [0.29, 0.717) is 27.0 Å². The van der Waals surface area contributed by atoms with Gasteiger partial charge in [0.15, 0.2) is 0 Å². The van der Waals surface area contributed by atoms with E-state index in [1.54, 1.807) is 18.2 Å². The number of nitrogens with one attached hydrogen (secondary N) is 1. The Bertz CT molecular complexity index is 1230. The van der Waals surface area contributed by atoms with Crippen molar-refractivity contribution in [3.8, 4) is 11.8 Å². The molecule has 0 bridgehead atoms. The molecule has 0 aliphatic rings. The molecule has 0 heterocycles. The largest absolute Gasteiger partial charge is 0.487 e. The lowest BCUT2D eigenvalue weighted by molar-refractivity contribution is -0.112. The van der Waals surface area contributed by atoms with Crippen LogP contribution in [0.3, 0.4) is 0 Å². The van der Waals surface area contributed by atoms with Gasteiger partial charge in [-0.3, -0.25) is 4.79 Å². The lowest BCUT2D eigenvalue weighted by Gasteiger charge is -2.13. The number of benzene rings is 3. The number of amides is 1. The van der Waals surface area contributed by atoms with Crippen LogP contribution in [0.25, 0.3) is 6.08 Å². The van der Waals surface area contributed by atoms with Gasteiger partial charge in [-0.15, -0.1) is 0 Å². The van der Waals surface area contributed by atoms with Gasteiger partial charge in [0.25, 0.3) is 5.91 Å². The zero-order valence-corrected chi connectivity index (χ0v) is 19.5. The number of nitrogens with zero attached hydrogens (tertiary/aromatic N) is 1. The first-order chi connectivity index (χ1) is 15.3. The van der Waals surface area contributed by atoms with Gasteiger partial charge < -0.3 is 10.1 Å². The number of anilines is 1. The van der Waals surface area contributed by atoms with Crippen LogP contribution in [0, 0.1) is 32.1 Å². The maximum atomic E-state index is 12.8. The number of carbonyl (C=O) groups excluding carboxylic acids is 1. The second-order valence-electron chi connectivity index (χ2n) is 7.45. The minimum atomic E-state index is -0.526. The molecule has 3 rings (SSSR count). The summed E-state index contributed by atoms with van der Waals surface area (Å²) in [5, 5.41) is 13.1. The maximum absolute atomic E-state index is 12.8. The van der Waals surface area contributed by atoms with E-state index >= 15 is 0 Å². The van der Waals surface area contributed by atoms with Crippen LogP contribution >= 0.6 is 23.2 Å². The topological polar surface area (TPSA) is 62.1 Å². The smallest absolute Gasteiger partial charge is 0.266 e. The molecule has 0 unspecified atom stereocenters. The Hall–Kier alpha value is -3.26. The van der Waals surface area contributed by atoms with E-state index in [9.17, 15) is 10.1 Å². The van der Waals surface area contributed by atoms with Crippen molar-refractivity contribution >= 4 is 40.9 Å². The van der Waals surface area contributed by atoms with Gasteiger partial charge in [0, 0.05) is 16.3 Å². The molecular formula is C26H22Cl2N2O2. The highest BCUT2D eigenvalue weighted by Gasteiger charge is 2.15. The molecule has 1 amide bonds. The van der Waals surface area contributed by atoms with Crippen molar-refractivity contribution in [2.75, 3.05) is 5.32 Å². The van der Waals surface area contributed by atoms with E-state index in [1.807, 2.05) is 63.2 Å². The van der Waals surface area contributed by atoms with Crippen LogP contribution in [0.4, 0.5) is 5.69 Å². The van der Waals surface area contributed by atoms with Crippen LogP contribution in [-0.2, 0) is 11.4 Å². The van der Waals surface area contributed by atoms with Crippen molar-refractivity contribution in [3.05, 3.63) is 98.0 Å². The van der Waals surface area contributed by atoms with E-state index in [2.05, 4.69) is 5.32 Å². The minimum absolute atomic E-state index is 0.0931. The van der Waals surface area contributed by atoms with Crippen molar-refractivity contribution in [1.29, 1.82) is 5.26 Å². The number of hydrogen-bond donors (Lipinski definition) is 1. The Balaban J connectivity index is 1.90. The fourth-order valence-electron chi connectivity index (χ4n) is 3.06. The molecule has 0 spiro atoms. The number of halogens is 2. The summed E-state index contributed by atoms with van der Waals surface area (Å²) in [7, 11) is 0. The van der Waals surface area contributed by atoms with Gasteiger partial charge in [0.2, 0.25) is 0 Å². The zero-order chi connectivity index (χ0) is 23.3. The molecule has 0 atom stereocenters. The summed E-state index contributed by atoms with van der Waals surface area (Å²) < 4.78 is 5.95. The first kappa shape index (κ1) is 23.4. The van der Waals surface area contributed by atoms with Gasteiger partial charge in [-0.1, -0.05) is 65.2 Å². The minimum Gasteiger partial charge on any atom is -0.487 e. The monoisotopic (exact) mass is 464 g/mol. The van der Waals surface area contributed by atoms with Crippen molar-refractivity contribution in [3.63, 3.8) is 0 Å². The lowest BCUT2D eigenvalue weighted by atomic mass is 10.1. The molecule has 6 heteroatoms. The molecular weight excluding hydrogens is 443 g/mol. The molecule has 0 radical (unpaired) electrons. The van der Waals surface area contributed by atoms with Crippen LogP contribution in [-0.4, -0.2) is 5.91 Å². The normalized spacial score (nSPS) is 11.1. The van der Waals surface area contributed by atoms with Gasteiger partial charge in [-0.25, -0.2) is 0 Å². The third-order valence-electron chi connectivity index (χ3n) is 5.06. The van der Waals surface area contributed by atoms with E-state index in [1.165, 1.54) is 6.08 Å². The Morgan fingerprint density at radius 3 is 2.50 bits per heavy atom. The average molecular weight is 465 g/mol. The quantitative estimate of drug-likeness (QED) is 0.314. The molecule has 4 nitrogen and oxygen atoms in total. The van der Waals surface area contributed by atoms with Crippen molar-refractivity contribution in [2.24, 2.45) is 0 Å². The van der Waals surface area contributed by atoms with Crippen LogP contribution < -0.4 is 10.1 Å². The summed E-state index contributed by atoms with van der Waals surface area (Å²) in [6.07, 6.45) is 1.43. The predicted molar refractivity (Wildman–Crippen MR) is 130 cm³/mol. The first-order valence-electron chi connectivity index (χ1n) is 9.95. The van der Waals surface area contributed by atoms with Crippen LogP contribution in [0.1, 0.15) is 27.8 Å². The second kappa shape index (κ2) is 10.4. The molecule has 162 valence electrons. The number of hydrogen-bond acceptors (Lipinski definition) is 3. The molecule has 0 saturated carbocycles. The Labute approximate surface area is 198 Å². The van der Waals surface area contributed by atoms with E-state index in [4.69, 9.17) is 27.9 Å². The van der Waals surface area contributed by atoms with Gasteiger partial charge in [0.1, 0.15) is 24.0 Å². The SMILES string of the molecule is Cc1ccc(COc2c(Cl)cc(Cl)cc2/C=C(\C#N)C(=O)Nc2cccc(C)c2C)cc1. The number of nitriles is 1. The van der Waals surface area contributed by atoms with Crippen molar-refractivity contribution in [1.82, 2.24) is 0 Å². The third kappa shape index (κ3) is 5.70. The van der Waals surface area contributed by atoms with Crippen LogP contribution in [0.5, 0.6) is 5.75 Å². The highest BCUT2D eigenvalue weighted by atomic mass is 35.5. The molecule has 3 aromatic carbocycles. The number of ether oxygens (including phenoxy) is 1. The summed E-state index contributed by atoms with van der Waals surface area (Å²) in [6.45, 7) is 6.15. The summed E-state index contributed by atoms with van der Waals surface area (Å²) in [5.41, 5.74) is 5.09. The molecule has 0 aliphatic heterocycles. The number of rotatable bonds is 6. The van der Waals surface area contributed by atoms with E-state index in [0.717, 1.165) is 22.3 Å². The highest BCUT2D eigenvalue weighted by Crippen LogP contribution is 2.34. The molecule has 32 heavy (non-hydrogen) atoms. The van der Waals surface area contributed by atoms with Crippen LogP contribution in [0.2, 0.25) is 10.0 Å². The summed E-state index contributed by atoms with van der Waals surface area (Å²) >= 11 is 12.6. The lowest BCUT2D eigenvalue weighted by Crippen LogP contribution is -2.14. The van der Waals surface area contributed by atoms with E-state index < -0.39 is 5.91 Å². The molecule has 3 aromatic rings. The van der Waals surface area contributed by atoms with Gasteiger partial charge >= 0.3 is 0 Å². The van der Waals surface area contributed by atoms with Gasteiger partial charge in [-0.2, -0.15) is 5.26 Å². The summed E-state index contributed by atoms with van der Waals surface area (Å²) in [4.78, 5) is 12.8. The molecule has 0 fully saturated rings. The summed E-state index contributed by atoms with van der Waals surface area (Å²) in [5.74, 6) is -0.175. The number of carbonyl (C=O) groups is 1. The second-order valence-corrected chi connectivity index (χ2v) is 8.30. The maximum Gasteiger partial charge on any atom is 0.266 e. The molecule has 0 aromatic heterocycles.